The van der Waals surface area contributed by atoms with Gasteiger partial charge in [-0.15, -0.1) is 10.2 Å². The van der Waals surface area contributed by atoms with Gasteiger partial charge in [0.05, 0.1) is 5.69 Å². The first-order chi connectivity index (χ1) is 16.8. The second kappa shape index (κ2) is 10.2. The maximum atomic E-state index is 13.4. The highest BCUT2D eigenvalue weighted by Gasteiger charge is 2.14. The highest BCUT2D eigenvalue weighted by molar-refractivity contribution is 7.80. The molecule has 0 spiro atoms. The Morgan fingerprint density at radius 2 is 1.71 bits per heavy atom. The number of amides is 1. The fraction of sp³-hybridized carbons (Fsp3) is 0.231. The Balaban J connectivity index is 1.55. The van der Waals surface area contributed by atoms with E-state index in [4.69, 9.17) is 12.2 Å². The number of fused-ring (bicyclic) bond motifs is 1. The molecule has 1 heterocycles. The van der Waals surface area contributed by atoms with Crippen molar-refractivity contribution in [3.8, 4) is 5.69 Å². The maximum absolute atomic E-state index is 13.4. The number of carbonyl (C=O) groups excluding carboxylic acids is 1. The number of halogens is 1. The van der Waals surface area contributed by atoms with Crippen LogP contribution in [0.15, 0.2) is 54.6 Å². The highest BCUT2D eigenvalue weighted by atomic mass is 32.1. The van der Waals surface area contributed by atoms with Crippen LogP contribution in [0.2, 0.25) is 0 Å². The summed E-state index contributed by atoms with van der Waals surface area (Å²) in [5.41, 5.74) is 6.35. The number of hydrogen-bond acceptors (Lipinski definition) is 5. The van der Waals surface area contributed by atoms with E-state index < -0.39 is 11.7 Å². The van der Waals surface area contributed by atoms with Crippen molar-refractivity contribution in [3.05, 3.63) is 77.1 Å². The quantitative estimate of drug-likeness (QED) is 0.364. The SMILES string of the molecule is CCN(CC)c1ccc(-n2nc3cc(C)c(NC(=S)NC(=O)c4cccc(F)c4)cc3n2)c(C)c1. The molecule has 3 aromatic carbocycles. The minimum atomic E-state index is -0.490. The average molecular weight is 491 g/mol. The summed E-state index contributed by atoms with van der Waals surface area (Å²) in [4.78, 5) is 16.3. The van der Waals surface area contributed by atoms with Crippen molar-refractivity contribution in [2.75, 3.05) is 23.3 Å². The van der Waals surface area contributed by atoms with E-state index in [9.17, 15) is 9.18 Å². The summed E-state index contributed by atoms with van der Waals surface area (Å²) in [7, 11) is 0. The summed E-state index contributed by atoms with van der Waals surface area (Å²) in [5, 5.41) is 15.0. The van der Waals surface area contributed by atoms with Crippen LogP contribution in [0, 0.1) is 19.7 Å². The van der Waals surface area contributed by atoms with E-state index in [1.165, 1.54) is 23.9 Å². The van der Waals surface area contributed by atoms with Crippen molar-refractivity contribution < 1.29 is 9.18 Å². The number of benzene rings is 3. The minimum absolute atomic E-state index is 0.108. The van der Waals surface area contributed by atoms with Crippen molar-refractivity contribution >= 4 is 45.6 Å². The third-order valence-corrected chi connectivity index (χ3v) is 6.02. The number of anilines is 2. The molecule has 9 heteroatoms. The molecule has 0 saturated heterocycles. The molecule has 1 aromatic heterocycles. The summed E-state index contributed by atoms with van der Waals surface area (Å²) in [6.45, 7) is 10.1. The number of nitrogens with one attached hydrogen (secondary N) is 2. The van der Waals surface area contributed by atoms with Crippen LogP contribution in [0.4, 0.5) is 15.8 Å². The van der Waals surface area contributed by atoms with Gasteiger partial charge in [-0.3, -0.25) is 10.1 Å². The second-order valence-electron chi connectivity index (χ2n) is 8.21. The fourth-order valence-corrected chi connectivity index (χ4v) is 4.12. The van der Waals surface area contributed by atoms with Crippen LogP contribution in [0.3, 0.4) is 0 Å². The summed E-state index contributed by atoms with van der Waals surface area (Å²) in [6.07, 6.45) is 0. The molecular weight excluding hydrogens is 463 g/mol. The zero-order valence-electron chi connectivity index (χ0n) is 20.1. The molecule has 0 aliphatic carbocycles. The van der Waals surface area contributed by atoms with E-state index in [-0.39, 0.29) is 10.7 Å². The van der Waals surface area contributed by atoms with Gasteiger partial charge in [0.15, 0.2) is 5.11 Å². The summed E-state index contributed by atoms with van der Waals surface area (Å²) in [6, 6.07) is 15.4. The Morgan fingerprint density at radius 1 is 1.00 bits per heavy atom. The van der Waals surface area contributed by atoms with Crippen molar-refractivity contribution in [2.45, 2.75) is 27.7 Å². The number of nitrogens with zero attached hydrogens (tertiary/aromatic N) is 4. The van der Waals surface area contributed by atoms with E-state index >= 15 is 0 Å². The number of aromatic nitrogens is 3. The van der Waals surface area contributed by atoms with Crippen LogP contribution >= 0.6 is 12.2 Å². The smallest absolute Gasteiger partial charge is 0.257 e. The second-order valence-corrected chi connectivity index (χ2v) is 8.62. The van der Waals surface area contributed by atoms with Crippen LogP contribution in [0.25, 0.3) is 16.7 Å². The van der Waals surface area contributed by atoms with Gasteiger partial charge in [0.2, 0.25) is 0 Å². The topological polar surface area (TPSA) is 75.1 Å². The molecule has 1 amide bonds. The lowest BCUT2D eigenvalue weighted by atomic mass is 10.1. The third kappa shape index (κ3) is 5.30. The Kier molecular flexibility index (Phi) is 7.07. The van der Waals surface area contributed by atoms with Gasteiger partial charge in [0.25, 0.3) is 5.91 Å². The molecule has 4 rings (SSSR count). The minimum Gasteiger partial charge on any atom is -0.372 e. The molecule has 0 aliphatic heterocycles. The van der Waals surface area contributed by atoms with Crippen LogP contribution < -0.4 is 15.5 Å². The van der Waals surface area contributed by atoms with Crippen molar-refractivity contribution in [2.24, 2.45) is 0 Å². The van der Waals surface area contributed by atoms with E-state index in [0.717, 1.165) is 41.5 Å². The number of rotatable bonds is 6. The van der Waals surface area contributed by atoms with Crippen LogP contribution in [-0.4, -0.2) is 39.1 Å². The van der Waals surface area contributed by atoms with Crippen molar-refractivity contribution in [1.29, 1.82) is 0 Å². The Labute approximate surface area is 208 Å². The molecule has 0 atom stereocenters. The van der Waals surface area contributed by atoms with Crippen LogP contribution in [-0.2, 0) is 0 Å². The van der Waals surface area contributed by atoms with Crippen molar-refractivity contribution in [3.63, 3.8) is 0 Å². The van der Waals surface area contributed by atoms with E-state index in [1.54, 1.807) is 4.80 Å². The third-order valence-electron chi connectivity index (χ3n) is 5.81. The molecule has 0 saturated carbocycles. The van der Waals surface area contributed by atoms with Gasteiger partial charge < -0.3 is 10.2 Å². The zero-order chi connectivity index (χ0) is 25.1. The fourth-order valence-electron chi connectivity index (χ4n) is 3.92. The first-order valence-electron chi connectivity index (χ1n) is 11.4. The van der Waals surface area contributed by atoms with Gasteiger partial charge in [-0.1, -0.05) is 6.07 Å². The molecule has 0 unspecified atom stereocenters. The Morgan fingerprint density at radius 3 is 2.37 bits per heavy atom. The average Bonchev–Trinajstić information content (AvgIpc) is 3.22. The summed E-state index contributed by atoms with van der Waals surface area (Å²) >= 11 is 5.30. The molecule has 0 radical (unpaired) electrons. The number of carbonyl (C=O) groups is 1. The molecule has 0 aliphatic rings. The molecule has 0 fully saturated rings. The van der Waals surface area contributed by atoms with E-state index in [1.807, 2.05) is 32.0 Å². The standard InChI is InChI=1S/C26H27FN6OS/c1-5-32(6-2)20-10-11-24(17(4)12-20)33-30-22-13-16(3)21(15-23(22)31-33)28-26(35)29-25(34)18-8-7-9-19(27)14-18/h7-15H,5-6H2,1-4H3,(H2,28,29,34,35). The summed E-state index contributed by atoms with van der Waals surface area (Å²) < 4.78 is 13.4. The van der Waals surface area contributed by atoms with Gasteiger partial charge in [0, 0.05) is 30.0 Å². The van der Waals surface area contributed by atoms with Gasteiger partial charge in [0.1, 0.15) is 16.9 Å². The first kappa shape index (κ1) is 24.3. The zero-order valence-corrected chi connectivity index (χ0v) is 20.9. The van der Waals surface area contributed by atoms with Gasteiger partial charge in [-0.25, -0.2) is 4.39 Å². The molecular formula is C26H27FN6OS. The first-order valence-corrected chi connectivity index (χ1v) is 11.8. The summed E-state index contributed by atoms with van der Waals surface area (Å²) in [5.74, 6) is -0.978. The van der Waals surface area contributed by atoms with Crippen LogP contribution in [0.5, 0.6) is 0 Å². The number of hydrogen-bond donors (Lipinski definition) is 2. The molecule has 7 nitrogen and oxygen atoms in total. The predicted molar refractivity (Wildman–Crippen MR) is 142 cm³/mol. The number of aryl methyl sites for hydroxylation is 2. The van der Waals surface area contributed by atoms with E-state index in [0.29, 0.717) is 11.2 Å². The lowest BCUT2D eigenvalue weighted by Gasteiger charge is -2.22. The molecule has 0 bridgehead atoms. The van der Waals surface area contributed by atoms with Gasteiger partial charge in [-0.2, -0.15) is 4.80 Å². The number of thiocarbonyl (C=S) groups is 1. The maximum Gasteiger partial charge on any atom is 0.257 e. The lowest BCUT2D eigenvalue weighted by Crippen LogP contribution is -2.34. The molecule has 2 N–H and O–H groups in total. The van der Waals surface area contributed by atoms with Gasteiger partial charge >= 0.3 is 0 Å². The van der Waals surface area contributed by atoms with Gasteiger partial charge in [-0.05, 0) is 99.6 Å². The Bertz CT molecular complexity index is 1410. The predicted octanol–water partition coefficient (Wildman–Crippen LogP) is 5.15. The van der Waals surface area contributed by atoms with Crippen molar-refractivity contribution in [1.82, 2.24) is 20.3 Å². The van der Waals surface area contributed by atoms with E-state index in [2.05, 4.69) is 51.7 Å². The molecule has 35 heavy (non-hydrogen) atoms. The monoisotopic (exact) mass is 490 g/mol. The Hall–Kier alpha value is -3.85. The lowest BCUT2D eigenvalue weighted by molar-refractivity contribution is 0.0977. The largest absolute Gasteiger partial charge is 0.372 e. The normalized spacial score (nSPS) is 10.9. The van der Waals surface area contributed by atoms with Crippen LogP contribution in [0.1, 0.15) is 35.3 Å². The molecule has 180 valence electrons. The molecule has 4 aromatic rings. The highest BCUT2D eigenvalue weighted by Crippen LogP contribution is 2.25.